The Morgan fingerprint density at radius 1 is 1.11 bits per heavy atom. The van der Waals surface area contributed by atoms with Crippen LogP contribution in [0.5, 0.6) is 0 Å². The van der Waals surface area contributed by atoms with Gasteiger partial charge in [-0.15, -0.1) is 6.58 Å². The first-order valence-electron chi connectivity index (χ1n) is 11.9. The molecule has 2 rings (SSSR count). The van der Waals surface area contributed by atoms with Gasteiger partial charge < -0.3 is 26.0 Å². The van der Waals surface area contributed by atoms with Crippen molar-refractivity contribution < 1.29 is 28.7 Å². The molecular weight excluding hydrogens is 452 g/mol. The zero-order valence-corrected chi connectivity index (χ0v) is 22.1. The molecule has 4 amide bonds. The number of Topliss-reactive ketones (excluding diaryl/α,β-unsaturated/α-hetero) is 1. The van der Waals surface area contributed by atoms with E-state index >= 15 is 0 Å². The number of nitrogens with two attached hydrogens (primary N) is 1. The van der Waals surface area contributed by atoms with E-state index in [0.717, 1.165) is 0 Å². The lowest BCUT2D eigenvalue weighted by molar-refractivity contribution is -0.145. The van der Waals surface area contributed by atoms with Gasteiger partial charge in [-0.25, -0.2) is 4.79 Å². The van der Waals surface area contributed by atoms with Crippen molar-refractivity contribution in [2.24, 2.45) is 28.4 Å². The number of amides is 4. The average molecular weight is 493 g/mol. The Morgan fingerprint density at radius 2 is 1.69 bits per heavy atom. The lowest BCUT2D eigenvalue weighted by atomic mass is 9.85. The Balaban J connectivity index is 2.32. The fourth-order valence-electron chi connectivity index (χ4n) is 4.88. The van der Waals surface area contributed by atoms with Crippen molar-refractivity contribution in [3.05, 3.63) is 12.7 Å². The Bertz CT molecular complexity index is 914. The molecule has 1 saturated heterocycles. The normalized spacial score (nSPS) is 24.5. The van der Waals surface area contributed by atoms with Crippen LogP contribution in [-0.4, -0.2) is 64.8 Å². The third kappa shape index (κ3) is 6.21. The molecule has 4 N–H and O–H groups in total. The molecule has 0 bridgehead atoms. The van der Waals surface area contributed by atoms with E-state index in [1.54, 1.807) is 20.8 Å². The van der Waals surface area contributed by atoms with Gasteiger partial charge in [0.05, 0.1) is 0 Å². The van der Waals surface area contributed by atoms with Crippen LogP contribution < -0.4 is 16.4 Å². The number of fused-ring (bicyclic) bond motifs is 1. The molecule has 2 fully saturated rings. The summed E-state index contributed by atoms with van der Waals surface area (Å²) in [4.78, 5) is 64.8. The highest BCUT2D eigenvalue weighted by Gasteiger charge is 2.69. The number of nitrogens with zero attached hydrogens (tertiary/aromatic N) is 1. The lowest BCUT2D eigenvalue weighted by Gasteiger charge is -2.38. The number of piperidine rings is 1. The maximum absolute atomic E-state index is 13.8. The number of primary amides is 1. The van der Waals surface area contributed by atoms with Crippen LogP contribution in [-0.2, 0) is 23.9 Å². The molecule has 35 heavy (non-hydrogen) atoms. The van der Waals surface area contributed by atoms with Gasteiger partial charge in [-0.1, -0.05) is 40.7 Å². The highest BCUT2D eigenvalue weighted by Crippen LogP contribution is 2.65. The molecule has 0 aromatic heterocycles. The Hall–Kier alpha value is -2.91. The second-order valence-corrected chi connectivity index (χ2v) is 12.1. The Morgan fingerprint density at radius 3 is 2.14 bits per heavy atom. The monoisotopic (exact) mass is 492 g/mol. The van der Waals surface area contributed by atoms with Crippen molar-refractivity contribution in [1.29, 1.82) is 0 Å². The predicted octanol–water partition coefficient (Wildman–Crippen LogP) is 1.52. The van der Waals surface area contributed by atoms with Crippen molar-refractivity contribution in [3.8, 4) is 0 Å². The number of ketones is 1. The van der Waals surface area contributed by atoms with Crippen LogP contribution >= 0.6 is 0 Å². The summed E-state index contributed by atoms with van der Waals surface area (Å²) in [6.45, 7) is 18.6. The van der Waals surface area contributed by atoms with Crippen LogP contribution in [0.15, 0.2) is 12.7 Å². The number of likely N-dealkylation sites (tertiary alicyclic amines) is 1. The molecule has 0 radical (unpaired) electrons. The van der Waals surface area contributed by atoms with E-state index in [9.17, 15) is 24.0 Å². The molecule has 5 atom stereocenters. The number of rotatable bonds is 8. The van der Waals surface area contributed by atoms with Crippen molar-refractivity contribution in [2.45, 2.75) is 85.5 Å². The van der Waals surface area contributed by atoms with E-state index in [1.165, 1.54) is 11.0 Å². The second-order valence-electron chi connectivity index (χ2n) is 12.1. The molecule has 10 nitrogen and oxygen atoms in total. The number of ether oxygens (including phenoxy) is 1. The molecule has 0 aromatic rings. The molecule has 1 unspecified atom stereocenters. The van der Waals surface area contributed by atoms with Crippen LogP contribution in [0.3, 0.4) is 0 Å². The maximum atomic E-state index is 13.8. The molecule has 1 saturated carbocycles. The SMILES string of the molecule is C=CCC(NC(=O)[C@@H]1[C@@H]2[C@H](CN1C(=O)[C@@H](NC(=O)OC(C)(C)C)C(C)(C)C)C2(C)C)C(=O)C(N)=O. The van der Waals surface area contributed by atoms with Crippen LogP contribution in [0.1, 0.15) is 61.8 Å². The number of hydrogen-bond donors (Lipinski definition) is 3. The first-order valence-corrected chi connectivity index (χ1v) is 11.9. The molecule has 0 aromatic carbocycles. The van der Waals surface area contributed by atoms with Gasteiger partial charge in [0.15, 0.2) is 0 Å². The van der Waals surface area contributed by atoms with Gasteiger partial charge in [-0.2, -0.15) is 0 Å². The minimum atomic E-state index is -1.16. The summed E-state index contributed by atoms with van der Waals surface area (Å²) < 4.78 is 5.35. The maximum Gasteiger partial charge on any atom is 0.408 e. The summed E-state index contributed by atoms with van der Waals surface area (Å²) in [5.41, 5.74) is 3.55. The molecule has 1 heterocycles. The molecule has 0 spiro atoms. The summed E-state index contributed by atoms with van der Waals surface area (Å²) in [7, 11) is 0. The first-order chi connectivity index (χ1) is 15.8. The van der Waals surface area contributed by atoms with E-state index in [4.69, 9.17) is 10.5 Å². The number of carbonyl (C=O) groups is 5. The largest absolute Gasteiger partial charge is 0.444 e. The van der Waals surface area contributed by atoms with E-state index < -0.39 is 58.7 Å². The van der Waals surface area contributed by atoms with Crippen molar-refractivity contribution >= 4 is 29.6 Å². The van der Waals surface area contributed by atoms with E-state index in [2.05, 4.69) is 17.2 Å². The topological polar surface area (TPSA) is 148 Å². The van der Waals surface area contributed by atoms with Gasteiger partial charge in [0.25, 0.3) is 5.91 Å². The predicted molar refractivity (Wildman–Crippen MR) is 130 cm³/mol. The number of nitrogens with one attached hydrogen (secondary N) is 2. The molecule has 10 heteroatoms. The van der Waals surface area contributed by atoms with Gasteiger partial charge in [0, 0.05) is 6.54 Å². The van der Waals surface area contributed by atoms with Crippen LogP contribution in [0.4, 0.5) is 4.79 Å². The number of carbonyl (C=O) groups excluding carboxylic acids is 5. The van der Waals surface area contributed by atoms with Gasteiger partial charge in [0.1, 0.15) is 23.7 Å². The van der Waals surface area contributed by atoms with E-state index in [-0.39, 0.29) is 23.7 Å². The summed E-state index contributed by atoms with van der Waals surface area (Å²) in [5, 5.41) is 5.29. The Labute approximate surface area is 207 Å². The fourth-order valence-corrected chi connectivity index (χ4v) is 4.88. The van der Waals surface area contributed by atoms with Gasteiger partial charge in [0.2, 0.25) is 17.6 Å². The lowest BCUT2D eigenvalue weighted by Crippen LogP contribution is -2.60. The summed E-state index contributed by atoms with van der Waals surface area (Å²) in [6.07, 6.45) is 0.707. The van der Waals surface area contributed by atoms with Crippen molar-refractivity contribution in [2.75, 3.05) is 6.54 Å². The molecule has 1 aliphatic carbocycles. The highest BCUT2D eigenvalue weighted by atomic mass is 16.6. The number of hydrogen-bond acceptors (Lipinski definition) is 6. The summed E-state index contributed by atoms with van der Waals surface area (Å²) >= 11 is 0. The third-order valence-electron chi connectivity index (χ3n) is 6.81. The zero-order valence-electron chi connectivity index (χ0n) is 22.1. The van der Waals surface area contributed by atoms with Gasteiger partial charge in [-0.05, 0) is 49.9 Å². The quantitative estimate of drug-likeness (QED) is 0.346. The molecular formula is C25H40N4O6. The average Bonchev–Trinajstić information content (AvgIpc) is 3.03. The van der Waals surface area contributed by atoms with Crippen molar-refractivity contribution in [3.63, 3.8) is 0 Å². The second kappa shape index (κ2) is 9.62. The fraction of sp³-hybridized carbons (Fsp3) is 0.720. The van der Waals surface area contributed by atoms with Crippen LogP contribution in [0, 0.1) is 22.7 Å². The first kappa shape index (κ1) is 28.3. The van der Waals surface area contributed by atoms with E-state index in [0.29, 0.717) is 6.54 Å². The molecule has 1 aliphatic heterocycles. The van der Waals surface area contributed by atoms with E-state index in [1.807, 2.05) is 34.6 Å². The highest BCUT2D eigenvalue weighted by molar-refractivity contribution is 6.37. The van der Waals surface area contributed by atoms with Crippen LogP contribution in [0.2, 0.25) is 0 Å². The minimum Gasteiger partial charge on any atom is -0.444 e. The zero-order chi connectivity index (χ0) is 27.1. The minimum absolute atomic E-state index is 0.0243. The summed E-state index contributed by atoms with van der Waals surface area (Å²) in [6, 6.07) is -2.97. The molecule has 2 aliphatic rings. The van der Waals surface area contributed by atoms with Crippen LogP contribution in [0.25, 0.3) is 0 Å². The van der Waals surface area contributed by atoms with Gasteiger partial charge >= 0.3 is 6.09 Å². The standard InChI is InChI=1S/C25H40N4O6/c1-10-11-14(17(30)19(26)31)27-20(32)16-15-13(25(15,8)9)12-29(16)21(33)18(23(2,3)4)28-22(34)35-24(5,6)7/h10,13-16,18H,1,11-12H2,2-9H3,(H2,26,31)(H,27,32)(H,28,34)/t13-,14?,15-,16-,18+/m0/s1. The Kier molecular flexibility index (Phi) is 7.79. The molecule has 196 valence electrons. The smallest absolute Gasteiger partial charge is 0.408 e. The summed E-state index contributed by atoms with van der Waals surface area (Å²) in [5.74, 6) is -3.07. The number of alkyl carbamates (subject to hydrolysis) is 1. The van der Waals surface area contributed by atoms with Gasteiger partial charge in [-0.3, -0.25) is 19.2 Å². The van der Waals surface area contributed by atoms with Crippen molar-refractivity contribution in [1.82, 2.24) is 15.5 Å². The third-order valence-corrected chi connectivity index (χ3v) is 6.81.